The van der Waals surface area contributed by atoms with Crippen LogP contribution in [0.5, 0.6) is 0 Å². The first-order chi connectivity index (χ1) is 13.0. The lowest BCUT2D eigenvalue weighted by Gasteiger charge is -2.33. The van der Waals surface area contributed by atoms with E-state index >= 15 is 0 Å². The van der Waals surface area contributed by atoms with Gasteiger partial charge in [0.15, 0.2) is 4.87 Å². The standard InChI is InChI=1S/C20H18ClFN2O2S/c1-2-18(25)24-9-10-27-20(24)16-11-14(21)5-8-17(16)23(19(20)26)12-13-3-6-15(22)7-4-13/h3-8,11H,2,9-10,12H2,1H3. The fraction of sp³-hybridized carbons (Fsp3) is 0.300. The number of carbonyl (C=O) groups excluding carboxylic acids is 2. The minimum atomic E-state index is -1.06. The van der Waals surface area contributed by atoms with Crippen molar-refractivity contribution in [3.8, 4) is 0 Å². The van der Waals surface area contributed by atoms with E-state index < -0.39 is 4.87 Å². The Balaban J connectivity index is 1.81. The van der Waals surface area contributed by atoms with Crippen LogP contribution in [0.2, 0.25) is 5.02 Å². The predicted molar refractivity (Wildman–Crippen MR) is 105 cm³/mol. The molecule has 4 rings (SSSR count). The first kappa shape index (κ1) is 18.3. The van der Waals surface area contributed by atoms with Crippen LogP contribution in [-0.4, -0.2) is 29.0 Å². The molecule has 2 aliphatic heterocycles. The van der Waals surface area contributed by atoms with Crippen molar-refractivity contribution >= 4 is 40.9 Å². The van der Waals surface area contributed by atoms with E-state index in [1.54, 1.807) is 41.0 Å². The van der Waals surface area contributed by atoms with Crippen LogP contribution >= 0.6 is 23.4 Å². The Labute approximate surface area is 166 Å². The number of halogens is 2. The van der Waals surface area contributed by atoms with Gasteiger partial charge in [0.1, 0.15) is 5.82 Å². The van der Waals surface area contributed by atoms with Crippen LogP contribution in [0.25, 0.3) is 0 Å². The molecular weight excluding hydrogens is 387 g/mol. The zero-order valence-electron chi connectivity index (χ0n) is 14.7. The Bertz CT molecular complexity index is 921. The number of carbonyl (C=O) groups is 2. The number of fused-ring (bicyclic) bond motifs is 2. The van der Waals surface area contributed by atoms with Gasteiger partial charge in [0, 0.05) is 29.3 Å². The van der Waals surface area contributed by atoms with Crippen molar-refractivity contribution in [2.24, 2.45) is 0 Å². The van der Waals surface area contributed by atoms with E-state index in [0.29, 0.717) is 30.3 Å². The maximum absolute atomic E-state index is 13.6. The Morgan fingerprint density at radius 1 is 1.26 bits per heavy atom. The van der Waals surface area contributed by atoms with Crippen LogP contribution in [0.4, 0.5) is 10.1 Å². The van der Waals surface area contributed by atoms with E-state index in [1.165, 1.54) is 23.9 Å². The van der Waals surface area contributed by atoms with Crippen LogP contribution in [-0.2, 0) is 21.0 Å². The molecule has 2 amide bonds. The molecule has 1 fully saturated rings. The van der Waals surface area contributed by atoms with E-state index in [-0.39, 0.29) is 17.6 Å². The molecule has 7 heteroatoms. The molecule has 4 nitrogen and oxygen atoms in total. The fourth-order valence-corrected chi connectivity index (χ4v) is 5.41. The number of rotatable bonds is 3. The second-order valence-electron chi connectivity index (χ2n) is 6.57. The second kappa shape index (κ2) is 6.84. The molecule has 0 aromatic heterocycles. The molecule has 1 saturated heterocycles. The lowest BCUT2D eigenvalue weighted by Crippen LogP contribution is -2.50. The molecule has 2 aromatic carbocycles. The first-order valence-electron chi connectivity index (χ1n) is 8.78. The molecule has 140 valence electrons. The molecule has 0 saturated carbocycles. The molecule has 0 bridgehead atoms. The third-order valence-electron chi connectivity index (χ3n) is 5.01. The van der Waals surface area contributed by atoms with Crippen LogP contribution in [0.15, 0.2) is 42.5 Å². The van der Waals surface area contributed by atoms with Gasteiger partial charge < -0.3 is 9.80 Å². The van der Waals surface area contributed by atoms with Crippen molar-refractivity contribution in [1.29, 1.82) is 0 Å². The van der Waals surface area contributed by atoms with Gasteiger partial charge in [-0.2, -0.15) is 0 Å². The molecule has 2 aromatic rings. The summed E-state index contributed by atoms with van der Waals surface area (Å²) in [6, 6.07) is 11.4. The topological polar surface area (TPSA) is 40.6 Å². The smallest absolute Gasteiger partial charge is 0.268 e. The average Bonchev–Trinajstić information content (AvgIpc) is 3.20. The van der Waals surface area contributed by atoms with Gasteiger partial charge in [0.25, 0.3) is 5.91 Å². The van der Waals surface area contributed by atoms with Crippen LogP contribution < -0.4 is 4.90 Å². The number of hydrogen-bond donors (Lipinski definition) is 0. The molecular formula is C20H18ClFN2O2S. The number of anilines is 1. The van der Waals surface area contributed by atoms with Gasteiger partial charge in [-0.15, -0.1) is 11.8 Å². The molecule has 0 radical (unpaired) electrons. The van der Waals surface area contributed by atoms with Crippen molar-refractivity contribution in [3.05, 3.63) is 64.4 Å². The summed E-state index contributed by atoms with van der Waals surface area (Å²) >= 11 is 7.71. The SMILES string of the molecule is CCC(=O)N1CCSC12C(=O)N(Cc1ccc(F)cc1)c1ccc(Cl)cc12. The highest BCUT2D eigenvalue weighted by atomic mass is 35.5. The van der Waals surface area contributed by atoms with E-state index in [0.717, 1.165) is 16.8 Å². The molecule has 1 unspecified atom stereocenters. The summed E-state index contributed by atoms with van der Waals surface area (Å²) in [6.45, 7) is 2.64. The van der Waals surface area contributed by atoms with Gasteiger partial charge >= 0.3 is 0 Å². The van der Waals surface area contributed by atoms with Crippen molar-refractivity contribution in [2.45, 2.75) is 24.8 Å². The molecule has 1 atom stereocenters. The minimum Gasteiger partial charge on any atom is -0.315 e. The largest absolute Gasteiger partial charge is 0.315 e. The zero-order valence-corrected chi connectivity index (χ0v) is 16.3. The molecule has 1 spiro atoms. The average molecular weight is 405 g/mol. The fourth-order valence-electron chi connectivity index (χ4n) is 3.76. The van der Waals surface area contributed by atoms with Crippen LogP contribution in [0.3, 0.4) is 0 Å². The first-order valence-corrected chi connectivity index (χ1v) is 10.1. The van der Waals surface area contributed by atoms with Gasteiger partial charge in [-0.05, 0) is 35.9 Å². The monoisotopic (exact) mass is 404 g/mol. The number of amides is 2. The molecule has 27 heavy (non-hydrogen) atoms. The van der Waals surface area contributed by atoms with Gasteiger partial charge in [-0.1, -0.05) is 30.7 Å². The van der Waals surface area contributed by atoms with Crippen LogP contribution in [0.1, 0.15) is 24.5 Å². The lowest BCUT2D eigenvalue weighted by atomic mass is 10.1. The number of thioether (sulfide) groups is 1. The highest BCUT2D eigenvalue weighted by molar-refractivity contribution is 8.01. The Morgan fingerprint density at radius 3 is 2.70 bits per heavy atom. The van der Waals surface area contributed by atoms with Gasteiger partial charge in [0.05, 0.1) is 12.2 Å². The van der Waals surface area contributed by atoms with Crippen molar-refractivity contribution < 1.29 is 14.0 Å². The minimum absolute atomic E-state index is 0.0529. The summed E-state index contributed by atoms with van der Waals surface area (Å²) in [6.07, 6.45) is 0.337. The lowest BCUT2D eigenvalue weighted by molar-refractivity contribution is -0.139. The van der Waals surface area contributed by atoms with E-state index in [9.17, 15) is 14.0 Å². The van der Waals surface area contributed by atoms with E-state index in [1.807, 2.05) is 6.07 Å². The van der Waals surface area contributed by atoms with E-state index in [2.05, 4.69) is 0 Å². The highest BCUT2D eigenvalue weighted by Gasteiger charge is 2.59. The third kappa shape index (κ3) is 2.82. The second-order valence-corrected chi connectivity index (χ2v) is 8.29. The summed E-state index contributed by atoms with van der Waals surface area (Å²) in [5.41, 5.74) is 2.32. The van der Waals surface area contributed by atoms with Crippen molar-refractivity contribution in [2.75, 3.05) is 17.2 Å². The van der Waals surface area contributed by atoms with Crippen molar-refractivity contribution in [1.82, 2.24) is 4.90 Å². The number of hydrogen-bond acceptors (Lipinski definition) is 3. The Kier molecular flexibility index (Phi) is 4.64. The van der Waals surface area contributed by atoms with Crippen molar-refractivity contribution in [3.63, 3.8) is 0 Å². The molecule has 2 aliphatic rings. The highest BCUT2D eigenvalue weighted by Crippen LogP contribution is 2.55. The normalized spacial score (nSPS) is 21.2. The Morgan fingerprint density at radius 2 is 2.00 bits per heavy atom. The summed E-state index contributed by atoms with van der Waals surface area (Å²) in [7, 11) is 0. The van der Waals surface area contributed by atoms with E-state index in [4.69, 9.17) is 11.6 Å². The van der Waals surface area contributed by atoms with Gasteiger partial charge in [0.2, 0.25) is 5.91 Å². The van der Waals surface area contributed by atoms with Gasteiger partial charge in [-0.3, -0.25) is 9.59 Å². The third-order valence-corrected chi connectivity index (χ3v) is 6.67. The van der Waals surface area contributed by atoms with Crippen LogP contribution in [0, 0.1) is 5.82 Å². The summed E-state index contributed by atoms with van der Waals surface area (Å²) in [5, 5.41) is 0.529. The maximum Gasteiger partial charge on any atom is 0.268 e. The maximum atomic E-state index is 13.6. The molecule has 0 N–H and O–H groups in total. The Hall–Kier alpha value is -2.05. The number of nitrogens with zero attached hydrogens (tertiary/aromatic N) is 2. The summed E-state index contributed by atoms with van der Waals surface area (Å²) < 4.78 is 13.2. The quantitative estimate of drug-likeness (QED) is 0.771. The molecule has 0 aliphatic carbocycles. The van der Waals surface area contributed by atoms with Gasteiger partial charge in [-0.25, -0.2) is 4.39 Å². The zero-order chi connectivity index (χ0) is 19.2. The summed E-state index contributed by atoms with van der Waals surface area (Å²) in [5.74, 6) is 0.172. The summed E-state index contributed by atoms with van der Waals surface area (Å²) in [4.78, 5) is 28.5. The molecule has 2 heterocycles. The predicted octanol–water partition coefficient (Wildman–Crippen LogP) is 4.16. The number of benzene rings is 2.